The maximum absolute atomic E-state index is 11.2. The second kappa shape index (κ2) is 20.2. The lowest BCUT2D eigenvalue weighted by Gasteiger charge is -2.38. The molecule has 0 aliphatic carbocycles. The molecule has 2 atom stereocenters. The van der Waals surface area contributed by atoms with E-state index in [-0.39, 0.29) is 5.91 Å². The number of hydrogen-bond acceptors (Lipinski definition) is 2. The number of nitrogens with zero attached hydrogens (tertiary/aromatic N) is 2. The molecule has 1 heterocycles. The molecule has 0 spiro atoms. The molecule has 0 bridgehead atoms. The fourth-order valence-corrected chi connectivity index (χ4v) is 5.06. The average molecular weight is 463 g/mol. The van der Waals surface area contributed by atoms with Crippen LogP contribution in [0.25, 0.3) is 0 Å². The Kier molecular flexibility index (Phi) is 18.3. The SMILES string of the molecule is CCCCCCCCCCC/C=C/CCCCCCCC1N=CC[N+]1(CC)CCNC(C)=O. The summed E-state index contributed by atoms with van der Waals surface area (Å²) in [5, 5.41) is 2.96. The summed E-state index contributed by atoms with van der Waals surface area (Å²) < 4.78 is 1.02. The molecule has 1 amide bonds. The Morgan fingerprint density at radius 3 is 1.97 bits per heavy atom. The van der Waals surface area contributed by atoms with Gasteiger partial charge in [0.15, 0.2) is 6.17 Å². The first-order valence-corrected chi connectivity index (χ1v) is 14.4. The standard InChI is InChI=1S/C29H55N3O/c1-4-6-7-8-9-10-11-12-13-14-15-16-17-18-19-20-21-22-23-29-31-25-27-32(29,5-2)26-24-30-28(3)33/h15-16,25,29H,4-14,17-24,26-27H2,1-3H3/p+1/b16-15+. The summed E-state index contributed by atoms with van der Waals surface area (Å²) >= 11 is 0. The fraction of sp³-hybridized carbons (Fsp3) is 0.862. The summed E-state index contributed by atoms with van der Waals surface area (Å²) in [7, 11) is 0. The largest absolute Gasteiger partial charge is 0.351 e. The van der Waals surface area contributed by atoms with Gasteiger partial charge in [-0.05, 0) is 39.0 Å². The van der Waals surface area contributed by atoms with Crippen molar-refractivity contribution in [2.45, 2.75) is 136 Å². The van der Waals surface area contributed by atoms with Crippen molar-refractivity contribution in [3.05, 3.63) is 12.2 Å². The van der Waals surface area contributed by atoms with Gasteiger partial charge >= 0.3 is 0 Å². The first kappa shape index (κ1) is 29.9. The molecule has 0 fully saturated rings. The molecule has 1 rings (SSSR count). The maximum Gasteiger partial charge on any atom is 0.217 e. The van der Waals surface area contributed by atoms with E-state index in [1.165, 1.54) is 109 Å². The van der Waals surface area contributed by atoms with Crippen molar-refractivity contribution >= 4 is 12.1 Å². The number of rotatable bonds is 22. The molecule has 192 valence electrons. The lowest BCUT2D eigenvalue weighted by molar-refractivity contribution is -0.935. The highest BCUT2D eigenvalue weighted by atomic mass is 16.1. The number of aliphatic imine (C=N–C) groups is 1. The number of hydrogen-bond donors (Lipinski definition) is 1. The second-order valence-electron chi connectivity index (χ2n) is 10.2. The summed E-state index contributed by atoms with van der Waals surface area (Å²) in [6.45, 7) is 10.0. The van der Waals surface area contributed by atoms with Gasteiger partial charge in [-0.3, -0.25) is 9.28 Å². The van der Waals surface area contributed by atoms with Crippen molar-refractivity contribution in [3.63, 3.8) is 0 Å². The predicted octanol–water partition coefficient (Wildman–Crippen LogP) is 7.58. The Morgan fingerprint density at radius 1 is 0.879 bits per heavy atom. The molecule has 4 nitrogen and oxygen atoms in total. The van der Waals surface area contributed by atoms with Gasteiger partial charge in [-0.1, -0.05) is 89.7 Å². The van der Waals surface area contributed by atoms with Crippen molar-refractivity contribution < 1.29 is 9.28 Å². The quantitative estimate of drug-likeness (QED) is 0.101. The van der Waals surface area contributed by atoms with Gasteiger partial charge in [0.1, 0.15) is 6.54 Å². The van der Waals surface area contributed by atoms with E-state index in [2.05, 4.69) is 37.5 Å². The van der Waals surface area contributed by atoms with E-state index >= 15 is 0 Å². The number of amides is 1. The Balaban J connectivity index is 1.94. The van der Waals surface area contributed by atoms with Gasteiger partial charge in [-0.15, -0.1) is 0 Å². The molecule has 1 N–H and O–H groups in total. The van der Waals surface area contributed by atoms with Gasteiger partial charge in [-0.25, -0.2) is 4.99 Å². The molecule has 2 unspecified atom stereocenters. The number of nitrogens with one attached hydrogen (secondary N) is 1. The highest BCUT2D eigenvalue weighted by Gasteiger charge is 2.37. The number of allylic oxidation sites excluding steroid dienone is 2. The van der Waals surface area contributed by atoms with Crippen molar-refractivity contribution in [2.75, 3.05) is 26.2 Å². The minimum absolute atomic E-state index is 0.0688. The van der Waals surface area contributed by atoms with Crippen molar-refractivity contribution in [1.29, 1.82) is 0 Å². The normalized spacial score (nSPS) is 20.2. The van der Waals surface area contributed by atoms with Crippen LogP contribution in [0.1, 0.15) is 130 Å². The van der Waals surface area contributed by atoms with Gasteiger partial charge in [0.2, 0.25) is 5.91 Å². The zero-order valence-electron chi connectivity index (χ0n) is 22.5. The molecule has 0 saturated carbocycles. The highest BCUT2D eigenvalue weighted by Crippen LogP contribution is 2.24. The van der Waals surface area contributed by atoms with E-state index in [9.17, 15) is 4.79 Å². The molecule has 33 heavy (non-hydrogen) atoms. The summed E-state index contributed by atoms with van der Waals surface area (Å²) in [5.41, 5.74) is 0. The Morgan fingerprint density at radius 2 is 1.42 bits per heavy atom. The molecule has 0 saturated heterocycles. The predicted molar refractivity (Wildman–Crippen MR) is 145 cm³/mol. The van der Waals surface area contributed by atoms with Crippen LogP contribution in [0.5, 0.6) is 0 Å². The van der Waals surface area contributed by atoms with Crippen LogP contribution in [-0.4, -0.2) is 48.9 Å². The van der Waals surface area contributed by atoms with Gasteiger partial charge in [0, 0.05) is 13.3 Å². The van der Waals surface area contributed by atoms with E-state index < -0.39 is 0 Å². The molecular formula is C29H56N3O+. The smallest absolute Gasteiger partial charge is 0.217 e. The number of likely N-dealkylation sites (N-methyl/N-ethyl adjacent to an activating group) is 1. The van der Waals surface area contributed by atoms with Gasteiger partial charge < -0.3 is 5.32 Å². The Bertz CT molecular complexity index is 531. The molecular weight excluding hydrogens is 406 g/mol. The maximum atomic E-state index is 11.2. The summed E-state index contributed by atoms with van der Waals surface area (Å²) in [5.74, 6) is 0.0688. The van der Waals surface area contributed by atoms with E-state index in [0.717, 1.165) is 30.7 Å². The minimum Gasteiger partial charge on any atom is -0.351 e. The van der Waals surface area contributed by atoms with E-state index in [0.29, 0.717) is 6.17 Å². The molecule has 0 aromatic heterocycles. The molecule has 1 aliphatic heterocycles. The van der Waals surface area contributed by atoms with Crippen molar-refractivity contribution in [1.82, 2.24) is 5.32 Å². The van der Waals surface area contributed by atoms with Crippen LogP contribution in [-0.2, 0) is 4.79 Å². The highest BCUT2D eigenvalue weighted by molar-refractivity contribution is 5.72. The number of quaternary nitrogens is 1. The van der Waals surface area contributed by atoms with Crippen molar-refractivity contribution in [3.8, 4) is 0 Å². The Labute approximate surface area is 206 Å². The average Bonchev–Trinajstić information content (AvgIpc) is 3.21. The van der Waals surface area contributed by atoms with E-state index in [1.807, 2.05) is 0 Å². The third-order valence-electron chi connectivity index (χ3n) is 7.39. The monoisotopic (exact) mass is 462 g/mol. The zero-order valence-corrected chi connectivity index (χ0v) is 22.5. The molecule has 4 heteroatoms. The van der Waals surface area contributed by atoms with E-state index in [4.69, 9.17) is 4.99 Å². The number of carbonyl (C=O) groups excluding carboxylic acids is 1. The van der Waals surface area contributed by atoms with Crippen LogP contribution < -0.4 is 5.32 Å². The van der Waals surface area contributed by atoms with Crippen LogP contribution in [0.4, 0.5) is 0 Å². The first-order valence-electron chi connectivity index (χ1n) is 14.4. The number of unbranched alkanes of at least 4 members (excludes halogenated alkanes) is 14. The van der Waals surface area contributed by atoms with E-state index in [1.54, 1.807) is 6.92 Å². The van der Waals surface area contributed by atoms with Crippen LogP contribution in [0.3, 0.4) is 0 Å². The van der Waals surface area contributed by atoms with Gasteiger partial charge in [0.25, 0.3) is 0 Å². The lowest BCUT2D eigenvalue weighted by Crippen LogP contribution is -2.55. The van der Waals surface area contributed by atoms with Crippen LogP contribution in [0.2, 0.25) is 0 Å². The fourth-order valence-electron chi connectivity index (χ4n) is 5.06. The molecule has 0 aromatic rings. The van der Waals surface area contributed by atoms with Gasteiger partial charge in [0.05, 0.1) is 25.8 Å². The molecule has 0 aromatic carbocycles. The third kappa shape index (κ3) is 14.7. The first-order chi connectivity index (χ1) is 16.1. The third-order valence-corrected chi connectivity index (χ3v) is 7.39. The molecule has 0 radical (unpaired) electrons. The van der Waals surface area contributed by atoms with Crippen LogP contribution >= 0.6 is 0 Å². The van der Waals surface area contributed by atoms with Crippen molar-refractivity contribution in [2.24, 2.45) is 4.99 Å². The zero-order chi connectivity index (χ0) is 24.0. The van der Waals surface area contributed by atoms with Crippen LogP contribution in [0, 0.1) is 0 Å². The molecule has 1 aliphatic rings. The Hall–Kier alpha value is -1.16. The second-order valence-corrected chi connectivity index (χ2v) is 10.2. The summed E-state index contributed by atoms with van der Waals surface area (Å²) in [6, 6.07) is 0. The lowest BCUT2D eigenvalue weighted by atomic mass is 10.1. The van der Waals surface area contributed by atoms with Gasteiger partial charge in [-0.2, -0.15) is 0 Å². The summed E-state index contributed by atoms with van der Waals surface area (Å²) in [4.78, 5) is 16.0. The topological polar surface area (TPSA) is 41.5 Å². The summed E-state index contributed by atoms with van der Waals surface area (Å²) in [6.07, 6.45) is 30.4. The minimum atomic E-state index is 0.0688. The number of carbonyl (C=O) groups is 1. The van der Waals surface area contributed by atoms with Crippen LogP contribution in [0.15, 0.2) is 17.1 Å².